The number of rotatable bonds is 6. The molecule has 0 radical (unpaired) electrons. The number of thiol groups is 1. The number of thiocarbonyl (C=S) groups is 1. The van der Waals surface area contributed by atoms with Crippen molar-refractivity contribution in [1.29, 1.82) is 0 Å². The van der Waals surface area contributed by atoms with E-state index < -0.39 is 0 Å². The van der Waals surface area contributed by atoms with E-state index in [1.54, 1.807) is 0 Å². The molecule has 0 amide bonds. The zero-order valence-corrected chi connectivity index (χ0v) is 12.8. The third-order valence-corrected chi connectivity index (χ3v) is 3.90. The van der Waals surface area contributed by atoms with Crippen LogP contribution in [0.2, 0.25) is 0 Å². The summed E-state index contributed by atoms with van der Waals surface area (Å²) in [4.78, 5) is 0.716. The van der Waals surface area contributed by atoms with Gasteiger partial charge < -0.3 is 5.32 Å². The molecule has 0 aliphatic heterocycles. The minimum atomic E-state index is -0.145. The van der Waals surface area contributed by atoms with E-state index in [-0.39, 0.29) is 5.37 Å². The quantitative estimate of drug-likeness (QED) is 0.434. The Morgan fingerprint density at radius 1 is 0.900 bits per heavy atom. The molecule has 2 aromatic rings. The second-order valence-corrected chi connectivity index (χ2v) is 5.43. The molecule has 0 spiro atoms. The standard InChI is InChI=1S/C16H18N2S2/c19-15(17-11-13-7-3-1-4-8-13)16(20)18-12-14-9-5-2-6-10-14/h1-10,15,17,19H,11-12H2,(H,18,20). The van der Waals surface area contributed by atoms with Gasteiger partial charge in [-0.1, -0.05) is 72.9 Å². The molecule has 2 N–H and O–H groups in total. The minimum Gasteiger partial charge on any atom is -0.374 e. The first-order chi connectivity index (χ1) is 9.75. The molecule has 0 aliphatic carbocycles. The van der Waals surface area contributed by atoms with Crippen LogP contribution in [0.3, 0.4) is 0 Å². The average Bonchev–Trinajstić information content (AvgIpc) is 2.52. The molecule has 1 atom stereocenters. The summed E-state index contributed by atoms with van der Waals surface area (Å²) in [5.74, 6) is 0. The zero-order valence-electron chi connectivity index (χ0n) is 11.1. The third-order valence-electron chi connectivity index (χ3n) is 2.90. The fourth-order valence-electron chi connectivity index (χ4n) is 1.78. The predicted octanol–water partition coefficient (Wildman–Crippen LogP) is 3.15. The molecule has 0 aromatic heterocycles. The van der Waals surface area contributed by atoms with Crippen molar-refractivity contribution >= 4 is 29.8 Å². The van der Waals surface area contributed by atoms with Crippen LogP contribution in [0.5, 0.6) is 0 Å². The molecule has 0 saturated heterocycles. The molecule has 0 heterocycles. The van der Waals surface area contributed by atoms with Crippen LogP contribution in [0.1, 0.15) is 11.1 Å². The summed E-state index contributed by atoms with van der Waals surface area (Å²) in [5, 5.41) is 6.38. The minimum absolute atomic E-state index is 0.145. The lowest BCUT2D eigenvalue weighted by molar-refractivity contribution is 0.732. The molecular weight excluding hydrogens is 284 g/mol. The molecule has 104 valence electrons. The van der Waals surface area contributed by atoms with Crippen molar-refractivity contribution in [1.82, 2.24) is 10.6 Å². The van der Waals surface area contributed by atoms with Gasteiger partial charge in [-0.15, -0.1) is 0 Å². The molecule has 0 bridgehead atoms. The van der Waals surface area contributed by atoms with Crippen LogP contribution in [0, 0.1) is 0 Å². The molecule has 2 aromatic carbocycles. The van der Waals surface area contributed by atoms with Crippen LogP contribution in [0.15, 0.2) is 60.7 Å². The molecule has 2 rings (SSSR count). The van der Waals surface area contributed by atoms with Crippen LogP contribution in [0.25, 0.3) is 0 Å². The maximum absolute atomic E-state index is 5.34. The highest BCUT2D eigenvalue weighted by molar-refractivity contribution is 7.86. The van der Waals surface area contributed by atoms with Gasteiger partial charge in [0, 0.05) is 13.1 Å². The SMILES string of the molecule is S=C(NCc1ccccc1)C(S)NCc1ccccc1. The average molecular weight is 302 g/mol. The zero-order chi connectivity index (χ0) is 14.2. The molecule has 2 nitrogen and oxygen atoms in total. The fraction of sp³-hybridized carbons (Fsp3) is 0.188. The summed E-state index contributed by atoms with van der Waals surface area (Å²) in [6.45, 7) is 1.48. The maximum atomic E-state index is 5.34. The largest absolute Gasteiger partial charge is 0.374 e. The van der Waals surface area contributed by atoms with Crippen LogP contribution in [0.4, 0.5) is 0 Å². The highest BCUT2D eigenvalue weighted by Gasteiger charge is 2.08. The van der Waals surface area contributed by atoms with Gasteiger partial charge in [-0.25, -0.2) is 0 Å². The fourth-order valence-corrected chi connectivity index (χ4v) is 2.12. The van der Waals surface area contributed by atoms with Crippen LogP contribution in [-0.4, -0.2) is 10.4 Å². The Morgan fingerprint density at radius 2 is 1.40 bits per heavy atom. The monoisotopic (exact) mass is 302 g/mol. The van der Waals surface area contributed by atoms with Crippen molar-refractivity contribution in [3.05, 3.63) is 71.8 Å². The van der Waals surface area contributed by atoms with Gasteiger partial charge >= 0.3 is 0 Å². The Morgan fingerprint density at radius 3 is 1.95 bits per heavy atom. The summed E-state index contributed by atoms with van der Waals surface area (Å²) in [6.07, 6.45) is 0. The first-order valence-corrected chi connectivity index (χ1v) is 7.45. The van der Waals surface area contributed by atoms with Gasteiger partial charge in [-0.3, -0.25) is 5.32 Å². The predicted molar refractivity (Wildman–Crippen MR) is 91.9 cm³/mol. The molecule has 1 unspecified atom stereocenters. The Kier molecular flexibility index (Phi) is 6.05. The van der Waals surface area contributed by atoms with E-state index in [0.29, 0.717) is 4.99 Å². The number of benzene rings is 2. The lowest BCUT2D eigenvalue weighted by Crippen LogP contribution is -2.38. The Hall–Kier alpha value is -1.36. The maximum Gasteiger partial charge on any atom is 0.103 e. The van der Waals surface area contributed by atoms with E-state index in [4.69, 9.17) is 12.2 Å². The molecule has 0 aliphatic rings. The van der Waals surface area contributed by atoms with E-state index in [9.17, 15) is 0 Å². The van der Waals surface area contributed by atoms with E-state index in [1.165, 1.54) is 11.1 Å². The van der Waals surface area contributed by atoms with Crippen molar-refractivity contribution in [2.75, 3.05) is 0 Å². The Balaban J connectivity index is 1.75. The summed E-state index contributed by atoms with van der Waals surface area (Å²) in [5.41, 5.74) is 2.43. The van der Waals surface area contributed by atoms with Gasteiger partial charge in [0.25, 0.3) is 0 Å². The van der Waals surface area contributed by atoms with Gasteiger partial charge in [0.15, 0.2) is 0 Å². The molecule has 4 heteroatoms. The van der Waals surface area contributed by atoms with Crippen LogP contribution >= 0.6 is 24.8 Å². The summed E-state index contributed by atoms with van der Waals surface area (Å²) < 4.78 is 0. The lowest BCUT2D eigenvalue weighted by Gasteiger charge is -2.16. The molecule has 0 saturated carbocycles. The van der Waals surface area contributed by atoms with Crippen molar-refractivity contribution in [2.24, 2.45) is 0 Å². The lowest BCUT2D eigenvalue weighted by atomic mass is 10.2. The number of nitrogens with one attached hydrogen (secondary N) is 2. The summed E-state index contributed by atoms with van der Waals surface area (Å²) in [6, 6.07) is 20.4. The van der Waals surface area contributed by atoms with Crippen LogP contribution in [-0.2, 0) is 13.1 Å². The topological polar surface area (TPSA) is 24.1 Å². The van der Waals surface area contributed by atoms with Crippen molar-refractivity contribution in [3.63, 3.8) is 0 Å². The molecular formula is C16H18N2S2. The van der Waals surface area contributed by atoms with Crippen LogP contribution < -0.4 is 10.6 Å². The highest BCUT2D eigenvalue weighted by atomic mass is 32.1. The molecule has 20 heavy (non-hydrogen) atoms. The number of hydrogen-bond donors (Lipinski definition) is 3. The second-order valence-electron chi connectivity index (χ2n) is 4.47. The van der Waals surface area contributed by atoms with E-state index in [1.807, 2.05) is 36.4 Å². The van der Waals surface area contributed by atoms with Crippen molar-refractivity contribution in [3.8, 4) is 0 Å². The normalized spacial score (nSPS) is 11.8. The van der Waals surface area contributed by atoms with Gasteiger partial charge in [0.2, 0.25) is 0 Å². The van der Waals surface area contributed by atoms with Gasteiger partial charge in [-0.2, -0.15) is 12.6 Å². The van der Waals surface area contributed by atoms with E-state index in [2.05, 4.69) is 47.5 Å². The second kappa shape index (κ2) is 8.04. The highest BCUT2D eigenvalue weighted by Crippen LogP contribution is 2.02. The van der Waals surface area contributed by atoms with E-state index in [0.717, 1.165) is 13.1 Å². The first kappa shape index (κ1) is 15.0. The Bertz CT molecular complexity index is 529. The third kappa shape index (κ3) is 4.96. The van der Waals surface area contributed by atoms with Gasteiger partial charge in [-0.05, 0) is 11.1 Å². The van der Waals surface area contributed by atoms with E-state index >= 15 is 0 Å². The Labute approximate surface area is 131 Å². The number of hydrogen-bond acceptors (Lipinski definition) is 3. The van der Waals surface area contributed by atoms with Crippen molar-refractivity contribution in [2.45, 2.75) is 18.5 Å². The van der Waals surface area contributed by atoms with Gasteiger partial charge in [0.05, 0.1) is 0 Å². The molecule has 0 fully saturated rings. The first-order valence-electron chi connectivity index (χ1n) is 6.53. The summed E-state index contributed by atoms with van der Waals surface area (Å²) >= 11 is 9.83. The van der Waals surface area contributed by atoms with Gasteiger partial charge in [0.1, 0.15) is 10.4 Å². The smallest absolute Gasteiger partial charge is 0.103 e. The summed E-state index contributed by atoms with van der Waals surface area (Å²) in [7, 11) is 0. The van der Waals surface area contributed by atoms with Crippen molar-refractivity contribution < 1.29 is 0 Å².